The average Bonchev–Trinajstić information content (AvgIpc) is 2.59. The largest absolute Gasteiger partial charge is 0.316 e. The maximum atomic E-state index is 11.7. The van der Waals surface area contributed by atoms with Crippen molar-refractivity contribution in [2.24, 2.45) is 7.05 Å². The maximum Gasteiger partial charge on any atom is 0.276 e. The Kier molecular flexibility index (Phi) is 1.91. The quantitative estimate of drug-likeness (QED) is 0.740. The molecule has 0 fully saturated rings. The predicted molar refractivity (Wildman–Crippen MR) is 55.4 cm³/mol. The van der Waals surface area contributed by atoms with E-state index in [1.54, 1.807) is 17.8 Å². The molecule has 0 aliphatic rings. The Bertz CT molecular complexity index is 522. The zero-order valence-corrected chi connectivity index (χ0v) is 8.53. The van der Waals surface area contributed by atoms with Crippen molar-refractivity contribution < 1.29 is 0 Å². The number of nitrogens with zero attached hydrogens (tertiary/aromatic N) is 2. The van der Waals surface area contributed by atoms with Crippen molar-refractivity contribution in [3.8, 4) is 0 Å². The molecule has 2 rings (SSSR count). The Morgan fingerprint density at radius 3 is 2.86 bits per heavy atom. The molecule has 0 radical (unpaired) electrons. The molecule has 0 bridgehead atoms. The van der Waals surface area contributed by atoms with Crippen LogP contribution in [0, 0.1) is 0 Å². The Morgan fingerprint density at radius 1 is 1.50 bits per heavy atom. The highest BCUT2D eigenvalue weighted by Crippen LogP contribution is 2.20. The van der Waals surface area contributed by atoms with Gasteiger partial charge in [-0.3, -0.25) is 9.89 Å². The normalized spacial score (nSPS) is 11.4. The molecule has 0 spiro atoms. The van der Waals surface area contributed by atoms with Crippen LogP contribution in [-0.4, -0.2) is 14.8 Å². The Morgan fingerprint density at radius 2 is 2.21 bits per heavy atom. The molecule has 0 atom stereocenters. The van der Waals surface area contributed by atoms with Gasteiger partial charge in [0.2, 0.25) is 0 Å². The molecular formula is C10H13N3O. The number of fused-ring (bicyclic) bond motifs is 1. The van der Waals surface area contributed by atoms with Gasteiger partial charge in [-0.1, -0.05) is 13.8 Å². The highest BCUT2D eigenvalue weighted by molar-refractivity contribution is 5.80. The molecule has 0 aliphatic carbocycles. The van der Waals surface area contributed by atoms with Crippen LogP contribution in [0.15, 0.2) is 17.2 Å². The molecule has 4 nitrogen and oxygen atoms in total. The predicted octanol–water partition coefficient (Wildman–Crippen LogP) is 1.39. The van der Waals surface area contributed by atoms with Gasteiger partial charge >= 0.3 is 0 Å². The second kappa shape index (κ2) is 2.97. The van der Waals surface area contributed by atoms with E-state index in [4.69, 9.17) is 0 Å². The summed E-state index contributed by atoms with van der Waals surface area (Å²) in [6.45, 7) is 4.21. The topological polar surface area (TPSA) is 50.7 Å². The first-order chi connectivity index (χ1) is 6.61. The van der Waals surface area contributed by atoms with Crippen molar-refractivity contribution in [1.82, 2.24) is 14.8 Å². The van der Waals surface area contributed by atoms with Crippen molar-refractivity contribution in [2.75, 3.05) is 0 Å². The summed E-state index contributed by atoms with van der Waals surface area (Å²) in [6.07, 6.45) is 3.59. The van der Waals surface area contributed by atoms with E-state index in [-0.39, 0.29) is 5.56 Å². The van der Waals surface area contributed by atoms with Gasteiger partial charge in [0.1, 0.15) is 5.52 Å². The Balaban J connectivity index is 2.92. The summed E-state index contributed by atoms with van der Waals surface area (Å²) in [5.74, 6) is 0.391. The van der Waals surface area contributed by atoms with Gasteiger partial charge in [0.25, 0.3) is 5.56 Å². The molecule has 4 heteroatoms. The summed E-state index contributed by atoms with van der Waals surface area (Å²) >= 11 is 0. The van der Waals surface area contributed by atoms with E-state index in [9.17, 15) is 4.79 Å². The van der Waals surface area contributed by atoms with E-state index in [1.165, 1.54) is 0 Å². The van der Waals surface area contributed by atoms with Crippen molar-refractivity contribution >= 4 is 10.9 Å². The summed E-state index contributed by atoms with van der Waals surface area (Å²) in [7, 11) is 1.76. The minimum Gasteiger partial charge on any atom is -0.316 e. The van der Waals surface area contributed by atoms with E-state index < -0.39 is 0 Å². The second-order valence-electron chi connectivity index (χ2n) is 3.81. The van der Waals surface area contributed by atoms with Crippen molar-refractivity contribution in [1.29, 1.82) is 0 Å². The number of hydrogen-bond donors (Lipinski definition) is 1. The number of pyridine rings is 1. The fourth-order valence-electron chi connectivity index (χ4n) is 1.64. The van der Waals surface area contributed by atoms with Gasteiger partial charge in [-0.15, -0.1) is 0 Å². The molecule has 2 heterocycles. The van der Waals surface area contributed by atoms with Crippen molar-refractivity contribution in [3.63, 3.8) is 0 Å². The third-order valence-corrected chi connectivity index (χ3v) is 2.44. The molecule has 0 aromatic carbocycles. The fourth-order valence-corrected chi connectivity index (χ4v) is 1.64. The SMILES string of the molecule is CC(C)c1cn(C)c(=O)c2[nH]ncc12. The Labute approximate surface area is 81.6 Å². The van der Waals surface area contributed by atoms with E-state index in [2.05, 4.69) is 24.0 Å². The van der Waals surface area contributed by atoms with Crippen LogP contribution < -0.4 is 5.56 Å². The van der Waals surface area contributed by atoms with Gasteiger partial charge in [0, 0.05) is 18.6 Å². The molecule has 0 saturated heterocycles. The first-order valence-electron chi connectivity index (χ1n) is 4.64. The summed E-state index contributed by atoms with van der Waals surface area (Å²) in [5.41, 5.74) is 1.72. The minimum atomic E-state index is -0.0260. The zero-order valence-electron chi connectivity index (χ0n) is 8.53. The maximum absolute atomic E-state index is 11.7. The van der Waals surface area contributed by atoms with Crippen LogP contribution in [0.2, 0.25) is 0 Å². The van der Waals surface area contributed by atoms with Gasteiger partial charge in [-0.25, -0.2) is 0 Å². The second-order valence-corrected chi connectivity index (χ2v) is 3.81. The molecule has 0 aliphatic heterocycles. The van der Waals surface area contributed by atoms with Crippen molar-refractivity contribution in [2.45, 2.75) is 19.8 Å². The average molecular weight is 191 g/mol. The molecule has 2 aromatic heterocycles. The van der Waals surface area contributed by atoms with E-state index in [1.807, 2.05) is 6.20 Å². The summed E-state index contributed by atoms with van der Waals surface area (Å²) in [4.78, 5) is 11.7. The van der Waals surface area contributed by atoms with Crippen LogP contribution in [-0.2, 0) is 7.05 Å². The molecule has 2 aromatic rings. The first kappa shape index (κ1) is 8.99. The fraction of sp³-hybridized carbons (Fsp3) is 0.400. The zero-order chi connectivity index (χ0) is 10.3. The van der Waals surface area contributed by atoms with E-state index in [0.717, 1.165) is 10.9 Å². The lowest BCUT2D eigenvalue weighted by Gasteiger charge is -2.08. The highest BCUT2D eigenvalue weighted by atomic mass is 16.1. The van der Waals surface area contributed by atoms with Crippen molar-refractivity contribution in [3.05, 3.63) is 28.3 Å². The molecule has 0 unspecified atom stereocenters. The van der Waals surface area contributed by atoms with Crippen LogP contribution >= 0.6 is 0 Å². The third-order valence-electron chi connectivity index (χ3n) is 2.44. The van der Waals surface area contributed by atoms with Gasteiger partial charge < -0.3 is 4.57 Å². The molecule has 14 heavy (non-hydrogen) atoms. The standard InChI is InChI=1S/C10H13N3O/c1-6(2)8-5-13(3)10(14)9-7(8)4-11-12-9/h4-6H,1-3H3,(H,11,12). The number of aromatic amines is 1. The molecule has 74 valence electrons. The summed E-state index contributed by atoms with van der Waals surface area (Å²) in [6, 6.07) is 0. The van der Waals surface area contributed by atoms with Gasteiger partial charge in [0.05, 0.1) is 6.20 Å². The highest BCUT2D eigenvalue weighted by Gasteiger charge is 2.10. The molecule has 0 saturated carbocycles. The lowest BCUT2D eigenvalue weighted by Crippen LogP contribution is -2.17. The van der Waals surface area contributed by atoms with Crippen LogP contribution in [0.3, 0.4) is 0 Å². The molecule has 1 N–H and O–H groups in total. The Hall–Kier alpha value is -1.58. The van der Waals surface area contributed by atoms with Gasteiger partial charge in [-0.2, -0.15) is 5.10 Å². The lowest BCUT2D eigenvalue weighted by atomic mass is 10.0. The number of nitrogens with one attached hydrogen (secondary N) is 1. The number of rotatable bonds is 1. The van der Waals surface area contributed by atoms with Gasteiger partial charge in [-0.05, 0) is 11.5 Å². The number of hydrogen-bond acceptors (Lipinski definition) is 2. The van der Waals surface area contributed by atoms with Crippen LogP contribution in [0.25, 0.3) is 10.9 Å². The van der Waals surface area contributed by atoms with Crippen LogP contribution in [0.1, 0.15) is 25.3 Å². The third kappa shape index (κ3) is 1.14. The van der Waals surface area contributed by atoms with Crippen LogP contribution in [0.4, 0.5) is 0 Å². The monoisotopic (exact) mass is 191 g/mol. The summed E-state index contributed by atoms with van der Waals surface area (Å²) < 4.78 is 1.59. The number of H-pyrrole nitrogens is 1. The number of aromatic nitrogens is 3. The molecule has 0 amide bonds. The van der Waals surface area contributed by atoms with Gasteiger partial charge in [0.15, 0.2) is 0 Å². The minimum absolute atomic E-state index is 0.0260. The van der Waals surface area contributed by atoms with E-state index >= 15 is 0 Å². The van der Waals surface area contributed by atoms with E-state index in [0.29, 0.717) is 11.4 Å². The number of aryl methyl sites for hydroxylation is 1. The lowest BCUT2D eigenvalue weighted by molar-refractivity contribution is 0.808. The summed E-state index contributed by atoms with van der Waals surface area (Å²) in [5, 5.41) is 7.58. The van der Waals surface area contributed by atoms with Crippen LogP contribution in [0.5, 0.6) is 0 Å². The first-order valence-corrected chi connectivity index (χ1v) is 4.64. The smallest absolute Gasteiger partial charge is 0.276 e. The molecular weight excluding hydrogens is 178 g/mol.